The van der Waals surface area contributed by atoms with Crippen LogP contribution in [0.5, 0.6) is 0 Å². The Hall–Kier alpha value is -2.74. The van der Waals surface area contributed by atoms with Gasteiger partial charge in [-0.2, -0.15) is 4.98 Å². The van der Waals surface area contributed by atoms with Crippen molar-refractivity contribution in [2.45, 2.75) is 13.3 Å². The van der Waals surface area contributed by atoms with E-state index in [4.69, 9.17) is 9.72 Å². The molecule has 0 atom stereocenters. The molecule has 2 saturated heterocycles. The summed E-state index contributed by atoms with van der Waals surface area (Å²) in [5.74, 6) is 1.25. The average molecular weight is 399 g/mol. The van der Waals surface area contributed by atoms with Crippen molar-refractivity contribution in [3.05, 3.63) is 47.4 Å². The number of benzene rings is 1. The minimum atomic E-state index is -0.330. The standard InChI is InChI=1S/C21H26FN5O2/c1-16-14-19(25-10-12-29-13-11-25)24-21(23-16)27-8-6-26(7-9-27)20(28)15-17-4-2-3-5-18(17)22/h2-5,14H,6-13,15H2,1H3. The van der Waals surface area contributed by atoms with Crippen LogP contribution < -0.4 is 9.80 Å². The number of anilines is 2. The molecule has 3 heterocycles. The molecule has 0 bridgehead atoms. The molecule has 8 heteroatoms. The predicted molar refractivity (Wildman–Crippen MR) is 109 cm³/mol. The maximum absolute atomic E-state index is 13.8. The molecule has 2 fully saturated rings. The molecule has 0 N–H and O–H groups in total. The average Bonchev–Trinajstić information content (AvgIpc) is 2.75. The van der Waals surface area contributed by atoms with E-state index in [-0.39, 0.29) is 18.1 Å². The zero-order chi connectivity index (χ0) is 20.2. The Kier molecular flexibility index (Phi) is 5.89. The molecule has 0 saturated carbocycles. The van der Waals surface area contributed by atoms with Crippen molar-refractivity contribution in [3.63, 3.8) is 0 Å². The van der Waals surface area contributed by atoms with E-state index < -0.39 is 0 Å². The molecule has 1 aromatic carbocycles. The monoisotopic (exact) mass is 399 g/mol. The number of hydrogen-bond donors (Lipinski definition) is 0. The molecule has 4 rings (SSSR count). The van der Waals surface area contributed by atoms with Gasteiger partial charge in [-0.15, -0.1) is 0 Å². The summed E-state index contributed by atoms with van der Waals surface area (Å²) < 4.78 is 19.2. The third-order valence-corrected chi connectivity index (χ3v) is 5.38. The highest BCUT2D eigenvalue weighted by Crippen LogP contribution is 2.20. The Morgan fingerprint density at radius 2 is 1.76 bits per heavy atom. The lowest BCUT2D eigenvalue weighted by Gasteiger charge is -2.35. The fraction of sp³-hybridized carbons (Fsp3) is 0.476. The highest BCUT2D eigenvalue weighted by molar-refractivity contribution is 5.79. The zero-order valence-corrected chi connectivity index (χ0v) is 16.7. The molecule has 0 spiro atoms. The zero-order valence-electron chi connectivity index (χ0n) is 16.7. The Morgan fingerprint density at radius 1 is 1.03 bits per heavy atom. The Labute approximate surface area is 170 Å². The molecular formula is C21H26FN5O2. The first kappa shape index (κ1) is 19.6. The highest BCUT2D eigenvalue weighted by Gasteiger charge is 2.24. The molecule has 7 nitrogen and oxygen atoms in total. The Morgan fingerprint density at radius 3 is 2.48 bits per heavy atom. The van der Waals surface area contributed by atoms with Crippen LogP contribution in [0.4, 0.5) is 16.2 Å². The summed E-state index contributed by atoms with van der Waals surface area (Å²) in [5.41, 5.74) is 1.37. The molecule has 0 unspecified atom stereocenters. The lowest BCUT2D eigenvalue weighted by atomic mass is 10.1. The van der Waals surface area contributed by atoms with Crippen molar-refractivity contribution in [2.75, 3.05) is 62.3 Å². The molecular weight excluding hydrogens is 373 g/mol. The summed E-state index contributed by atoms with van der Waals surface area (Å²) >= 11 is 0. The minimum absolute atomic E-state index is 0.0473. The van der Waals surface area contributed by atoms with Gasteiger partial charge in [-0.05, 0) is 18.6 Å². The van der Waals surface area contributed by atoms with E-state index in [1.165, 1.54) is 6.07 Å². The third kappa shape index (κ3) is 4.64. The summed E-state index contributed by atoms with van der Waals surface area (Å²) in [6.07, 6.45) is 0.0921. The lowest BCUT2D eigenvalue weighted by molar-refractivity contribution is -0.130. The van der Waals surface area contributed by atoms with E-state index in [1.54, 1.807) is 23.1 Å². The van der Waals surface area contributed by atoms with Gasteiger partial charge < -0.3 is 19.4 Å². The number of aromatic nitrogens is 2. The van der Waals surface area contributed by atoms with Crippen molar-refractivity contribution < 1.29 is 13.9 Å². The van der Waals surface area contributed by atoms with Crippen LogP contribution in [0.3, 0.4) is 0 Å². The second-order valence-corrected chi connectivity index (χ2v) is 7.40. The smallest absolute Gasteiger partial charge is 0.227 e. The Bertz CT molecular complexity index is 864. The van der Waals surface area contributed by atoms with E-state index in [1.807, 2.05) is 13.0 Å². The second-order valence-electron chi connectivity index (χ2n) is 7.40. The van der Waals surface area contributed by atoms with Gasteiger partial charge in [-0.25, -0.2) is 9.37 Å². The molecule has 2 aliphatic heterocycles. The van der Waals surface area contributed by atoms with Gasteiger partial charge >= 0.3 is 0 Å². The van der Waals surface area contributed by atoms with Crippen LogP contribution in [0, 0.1) is 12.7 Å². The van der Waals surface area contributed by atoms with Gasteiger partial charge in [0.2, 0.25) is 11.9 Å². The molecule has 1 amide bonds. The number of rotatable bonds is 4. The largest absolute Gasteiger partial charge is 0.378 e. The minimum Gasteiger partial charge on any atom is -0.378 e. The number of hydrogen-bond acceptors (Lipinski definition) is 6. The van der Waals surface area contributed by atoms with Crippen molar-refractivity contribution in [1.82, 2.24) is 14.9 Å². The predicted octanol–water partition coefficient (Wildman–Crippen LogP) is 1.65. The van der Waals surface area contributed by atoms with Crippen LogP contribution in [0.1, 0.15) is 11.3 Å². The van der Waals surface area contributed by atoms with E-state index >= 15 is 0 Å². The highest BCUT2D eigenvalue weighted by atomic mass is 19.1. The number of aryl methyl sites for hydroxylation is 1. The van der Waals surface area contributed by atoms with Crippen molar-refractivity contribution in [3.8, 4) is 0 Å². The first-order valence-electron chi connectivity index (χ1n) is 10.0. The van der Waals surface area contributed by atoms with Crippen LogP contribution in [0.2, 0.25) is 0 Å². The molecule has 1 aromatic heterocycles. The number of ether oxygens (including phenoxy) is 1. The number of halogens is 1. The van der Waals surface area contributed by atoms with Crippen LogP contribution >= 0.6 is 0 Å². The van der Waals surface area contributed by atoms with Gasteiger partial charge in [0.05, 0.1) is 19.6 Å². The maximum Gasteiger partial charge on any atom is 0.227 e. The topological polar surface area (TPSA) is 61.8 Å². The first-order chi connectivity index (χ1) is 14.1. The lowest BCUT2D eigenvalue weighted by Crippen LogP contribution is -2.50. The second kappa shape index (κ2) is 8.73. The van der Waals surface area contributed by atoms with Crippen molar-refractivity contribution in [1.29, 1.82) is 0 Å². The molecule has 29 heavy (non-hydrogen) atoms. The summed E-state index contributed by atoms with van der Waals surface area (Å²) in [7, 11) is 0. The summed E-state index contributed by atoms with van der Waals surface area (Å²) in [6, 6.07) is 8.45. The van der Waals surface area contributed by atoms with E-state index in [9.17, 15) is 9.18 Å². The normalized spacial score (nSPS) is 17.5. The molecule has 0 aliphatic carbocycles. The number of carbonyl (C=O) groups is 1. The van der Waals surface area contributed by atoms with Gasteiger partial charge in [0.25, 0.3) is 0 Å². The third-order valence-electron chi connectivity index (χ3n) is 5.38. The number of carbonyl (C=O) groups excluding carboxylic acids is 1. The molecule has 2 aliphatic rings. The molecule has 0 radical (unpaired) electrons. The molecule has 154 valence electrons. The summed E-state index contributed by atoms with van der Waals surface area (Å²) in [5, 5.41) is 0. The number of piperazine rings is 1. The Balaban J connectivity index is 1.38. The fourth-order valence-electron chi connectivity index (χ4n) is 3.70. The van der Waals surface area contributed by atoms with Gasteiger partial charge in [0.1, 0.15) is 11.6 Å². The SMILES string of the molecule is Cc1cc(N2CCOCC2)nc(N2CCN(C(=O)Cc3ccccc3F)CC2)n1. The van der Waals surface area contributed by atoms with E-state index in [0.29, 0.717) is 50.9 Å². The van der Waals surface area contributed by atoms with Gasteiger partial charge in [-0.1, -0.05) is 18.2 Å². The van der Waals surface area contributed by atoms with Gasteiger partial charge in [0, 0.05) is 51.0 Å². The van der Waals surface area contributed by atoms with E-state index in [0.717, 1.165) is 24.6 Å². The van der Waals surface area contributed by atoms with Crippen LogP contribution in [0.15, 0.2) is 30.3 Å². The first-order valence-corrected chi connectivity index (χ1v) is 10.0. The molecule has 2 aromatic rings. The van der Waals surface area contributed by atoms with Crippen LogP contribution in [0.25, 0.3) is 0 Å². The van der Waals surface area contributed by atoms with Gasteiger partial charge in [-0.3, -0.25) is 4.79 Å². The van der Waals surface area contributed by atoms with Crippen molar-refractivity contribution >= 4 is 17.7 Å². The number of amides is 1. The van der Waals surface area contributed by atoms with Crippen LogP contribution in [-0.4, -0.2) is 73.3 Å². The summed E-state index contributed by atoms with van der Waals surface area (Å²) in [4.78, 5) is 28.1. The number of nitrogens with zero attached hydrogens (tertiary/aromatic N) is 5. The van der Waals surface area contributed by atoms with Gasteiger partial charge in [0.15, 0.2) is 0 Å². The quantitative estimate of drug-likeness (QED) is 0.779. The van der Waals surface area contributed by atoms with Crippen molar-refractivity contribution in [2.24, 2.45) is 0 Å². The van der Waals surface area contributed by atoms with Crippen LogP contribution in [-0.2, 0) is 16.0 Å². The summed E-state index contributed by atoms with van der Waals surface area (Å²) in [6.45, 7) is 7.53. The van der Waals surface area contributed by atoms with E-state index in [2.05, 4.69) is 14.8 Å². The number of morpholine rings is 1. The fourth-order valence-corrected chi connectivity index (χ4v) is 3.70. The maximum atomic E-state index is 13.8.